The van der Waals surface area contributed by atoms with Crippen LogP contribution in [-0.2, 0) is 9.84 Å². The quantitative estimate of drug-likeness (QED) is 0.831. The fraction of sp³-hybridized carbons (Fsp3) is 0.105. The summed E-state index contributed by atoms with van der Waals surface area (Å²) in [6, 6.07) is 10.4. The van der Waals surface area contributed by atoms with E-state index < -0.39 is 26.4 Å². The van der Waals surface area contributed by atoms with Crippen molar-refractivity contribution in [3.8, 4) is 6.07 Å². The van der Waals surface area contributed by atoms with E-state index in [0.717, 1.165) is 29.5 Å². The molecule has 0 N–H and O–H groups in total. The maximum atomic E-state index is 14.5. The summed E-state index contributed by atoms with van der Waals surface area (Å²) in [4.78, 5) is -0.656. The van der Waals surface area contributed by atoms with E-state index >= 15 is 0 Å². The largest absolute Gasteiger partial charge is 0.224 e. The summed E-state index contributed by atoms with van der Waals surface area (Å²) in [6.07, 6.45) is 5.02. The van der Waals surface area contributed by atoms with Crippen LogP contribution in [0, 0.1) is 23.0 Å². The van der Waals surface area contributed by atoms with Crippen molar-refractivity contribution in [2.45, 2.75) is 11.3 Å². The zero-order valence-electron chi connectivity index (χ0n) is 13.3. The molecule has 25 heavy (non-hydrogen) atoms. The third-order valence-corrected chi connectivity index (χ3v) is 5.08. The van der Waals surface area contributed by atoms with Gasteiger partial charge in [-0.05, 0) is 47.4 Å². The lowest BCUT2D eigenvalue weighted by Gasteiger charge is -2.12. The number of rotatable bonds is 3. The molecule has 3 rings (SSSR count). The molecule has 6 heteroatoms. The third kappa shape index (κ3) is 3.24. The molecule has 0 aliphatic heterocycles. The van der Waals surface area contributed by atoms with E-state index in [-0.39, 0.29) is 5.56 Å². The summed E-state index contributed by atoms with van der Waals surface area (Å²) in [7, 11) is -3.85. The molecule has 0 amide bonds. The van der Waals surface area contributed by atoms with Crippen molar-refractivity contribution in [2.24, 2.45) is 0 Å². The number of hydrogen-bond donors (Lipinski definition) is 0. The van der Waals surface area contributed by atoms with Gasteiger partial charge in [0.25, 0.3) is 0 Å². The Hall–Kier alpha value is -2.78. The van der Waals surface area contributed by atoms with Crippen LogP contribution in [0.2, 0.25) is 0 Å². The van der Waals surface area contributed by atoms with Gasteiger partial charge in [-0.15, -0.1) is 0 Å². The highest BCUT2D eigenvalue weighted by Crippen LogP contribution is 2.38. The standard InChI is InChI=1S/C19H13F2NO2S/c1-25(23,24)19-10-17(20)16(9-18(19)21)15-4-2-3-14(15)13-7-5-12(11-22)6-8-13/h3-10H,2H2,1H3. The normalized spacial score (nSPS) is 14.0. The molecule has 126 valence electrons. The van der Waals surface area contributed by atoms with Gasteiger partial charge in [-0.1, -0.05) is 24.3 Å². The zero-order valence-corrected chi connectivity index (χ0v) is 14.1. The van der Waals surface area contributed by atoms with Gasteiger partial charge in [0.1, 0.15) is 16.5 Å². The Morgan fingerprint density at radius 3 is 2.24 bits per heavy atom. The summed E-state index contributed by atoms with van der Waals surface area (Å²) in [6.45, 7) is 0. The van der Waals surface area contributed by atoms with Crippen molar-refractivity contribution in [2.75, 3.05) is 6.26 Å². The number of nitriles is 1. The van der Waals surface area contributed by atoms with Crippen molar-refractivity contribution >= 4 is 21.0 Å². The maximum Gasteiger partial charge on any atom is 0.178 e. The summed E-state index contributed by atoms with van der Waals surface area (Å²) >= 11 is 0. The fourth-order valence-corrected chi connectivity index (χ4v) is 3.52. The molecule has 1 aliphatic rings. The van der Waals surface area contributed by atoms with Crippen molar-refractivity contribution in [1.82, 2.24) is 0 Å². The molecular formula is C19H13F2NO2S. The Kier molecular flexibility index (Phi) is 4.27. The second kappa shape index (κ2) is 6.26. The Bertz CT molecular complexity index is 1060. The average molecular weight is 357 g/mol. The summed E-state index contributed by atoms with van der Waals surface area (Å²) in [5.74, 6) is -1.78. The lowest BCUT2D eigenvalue weighted by atomic mass is 9.94. The van der Waals surface area contributed by atoms with Crippen LogP contribution in [0.4, 0.5) is 8.78 Å². The summed E-state index contributed by atoms with van der Waals surface area (Å²) in [5, 5.41) is 8.87. The van der Waals surface area contributed by atoms with Gasteiger partial charge in [0.2, 0.25) is 0 Å². The third-order valence-electron chi connectivity index (χ3n) is 3.97. The van der Waals surface area contributed by atoms with Gasteiger partial charge in [0, 0.05) is 11.8 Å². The summed E-state index contributed by atoms with van der Waals surface area (Å²) in [5.41, 5.74) is 2.51. The number of hydrogen-bond acceptors (Lipinski definition) is 3. The smallest absolute Gasteiger partial charge is 0.178 e. The molecule has 0 heterocycles. The SMILES string of the molecule is CS(=O)(=O)c1cc(F)c(C2=CCC=C2c2ccc(C#N)cc2)cc1F. The first-order chi connectivity index (χ1) is 11.8. The molecule has 0 radical (unpaired) electrons. The van der Waals surface area contributed by atoms with E-state index in [2.05, 4.69) is 0 Å². The van der Waals surface area contributed by atoms with Crippen LogP contribution in [0.15, 0.2) is 53.4 Å². The van der Waals surface area contributed by atoms with Crippen LogP contribution >= 0.6 is 0 Å². The van der Waals surface area contributed by atoms with E-state index in [9.17, 15) is 17.2 Å². The minimum absolute atomic E-state index is 0.0120. The highest BCUT2D eigenvalue weighted by Gasteiger charge is 2.22. The van der Waals surface area contributed by atoms with E-state index in [1.807, 2.05) is 12.1 Å². The fourth-order valence-electron chi connectivity index (χ4n) is 2.79. The van der Waals surface area contributed by atoms with Crippen LogP contribution in [-0.4, -0.2) is 14.7 Å². The number of sulfone groups is 1. The molecule has 1 aliphatic carbocycles. The lowest BCUT2D eigenvalue weighted by Crippen LogP contribution is -2.04. The van der Waals surface area contributed by atoms with Gasteiger partial charge in [-0.2, -0.15) is 5.26 Å². The molecule has 3 nitrogen and oxygen atoms in total. The Balaban J connectivity index is 2.06. The van der Waals surface area contributed by atoms with Gasteiger partial charge in [-0.25, -0.2) is 17.2 Å². The molecule has 0 saturated heterocycles. The molecule has 2 aromatic carbocycles. The Labute approximate surface area is 144 Å². The topological polar surface area (TPSA) is 57.9 Å². The number of allylic oxidation sites excluding steroid dienone is 4. The van der Waals surface area contributed by atoms with Crippen molar-refractivity contribution in [1.29, 1.82) is 5.26 Å². The lowest BCUT2D eigenvalue weighted by molar-refractivity contribution is 0.554. The second-order valence-electron chi connectivity index (χ2n) is 5.70. The Morgan fingerprint density at radius 1 is 1.00 bits per heavy atom. The molecule has 0 unspecified atom stereocenters. The first-order valence-electron chi connectivity index (χ1n) is 7.42. The monoisotopic (exact) mass is 357 g/mol. The first kappa shape index (κ1) is 17.1. The van der Waals surface area contributed by atoms with Crippen molar-refractivity contribution in [3.63, 3.8) is 0 Å². The molecule has 0 saturated carbocycles. The van der Waals surface area contributed by atoms with E-state index in [1.54, 1.807) is 30.3 Å². The van der Waals surface area contributed by atoms with Gasteiger partial charge in [0.05, 0.1) is 11.6 Å². The van der Waals surface area contributed by atoms with E-state index in [0.29, 0.717) is 17.6 Å². The predicted molar refractivity (Wildman–Crippen MR) is 91.2 cm³/mol. The van der Waals surface area contributed by atoms with Gasteiger partial charge in [-0.3, -0.25) is 0 Å². The first-order valence-corrected chi connectivity index (χ1v) is 9.31. The van der Waals surface area contributed by atoms with Crippen molar-refractivity contribution in [3.05, 3.63) is 76.9 Å². The van der Waals surface area contributed by atoms with Crippen LogP contribution in [0.25, 0.3) is 11.1 Å². The molecular weight excluding hydrogens is 344 g/mol. The second-order valence-corrected chi connectivity index (χ2v) is 7.68. The molecule has 0 spiro atoms. The Morgan fingerprint density at radius 2 is 1.64 bits per heavy atom. The molecule has 0 aromatic heterocycles. The van der Waals surface area contributed by atoms with Gasteiger partial charge >= 0.3 is 0 Å². The number of benzene rings is 2. The summed E-state index contributed by atoms with van der Waals surface area (Å²) < 4.78 is 51.7. The van der Waals surface area contributed by atoms with E-state index in [4.69, 9.17) is 5.26 Å². The minimum atomic E-state index is -3.85. The maximum absolute atomic E-state index is 14.5. The van der Waals surface area contributed by atoms with Crippen molar-refractivity contribution < 1.29 is 17.2 Å². The number of halogens is 2. The highest BCUT2D eigenvalue weighted by atomic mass is 32.2. The predicted octanol–water partition coefficient (Wildman–Crippen LogP) is 4.11. The highest BCUT2D eigenvalue weighted by molar-refractivity contribution is 7.90. The zero-order chi connectivity index (χ0) is 18.2. The number of nitrogens with zero attached hydrogens (tertiary/aromatic N) is 1. The average Bonchev–Trinajstić information content (AvgIpc) is 3.05. The molecule has 2 aromatic rings. The molecule has 0 bridgehead atoms. The van der Waals surface area contributed by atoms with Crippen LogP contribution in [0.3, 0.4) is 0 Å². The van der Waals surface area contributed by atoms with Crippen LogP contribution < -0.4 is 0 Å². The van der Waals surface area contributed by atoms with Gasteiger partial charge in [0.15, 0.2) is 9.84 Å². The minimum Gasteiger partial charge on any atom is -0.224 e. The van der Waals surface area contributed by atoms with E-state index in [1.165, 1.54) is 0 Å². The van der Waals surface area contributed by atoms with Gasteiger partial charge < -0.3 is 0 Å². The van der Waals surface area contributed by atoms with Crippen LogP contribution in [0.5, 0.6) is 0 Å². The van der Waals surface area contributed by atoms with Crippen LogP contribution in [0.1, 0.15) is 23.1 Å². The molecule has 0 fully saturated rings. The molecule has 0 atom stereocenters.